The first-order chi connectivity index (χ1) is 7.77. The van der Waals surface area contributed by atoms with Gasteiger partial charge in [-0.15, -0.1) is 0 Å². The lowest BCUT2D eigenvalue weighted by molar-refractivity contribution is -0.131. The van der Waals surface area contributed by atoms with E-state index in [9.17, 15) is 4.79 Å². The molecule has 0 bridgehead atoms. The smallest absolute Gasteiger partial charge is 0.222 e. The van der Waals surface area contributed by atoms with E-state index in [1.54, 1.807) is 0 Å². The summed E-state index contributed by atoms with van der Waals surface area (Å²) in [5.41, 5.74) is 0. The lowest BCUT2D eigenvalue weighted by Crippen LogP contribution is -2.39. The number of hydrogen-bond donors (Lipinski definition) is 1. The van der Waals surface area contributed by atoms with Gasteiger partial charge in [0.25, 0.3) is 0 Å². The molecule has 0 unspecified atom stereocenters. The molecule has 3 heteroatoms. The third kappa shape index (κ3) is 4.52. The van der Waals surface area contributed by atoms with Gasteiger partial charge in [-0.1, -0.05) is 13.3 Å². The first-order valence-corrected chi connectivity index (χ1v) is 6.76. The number of piperidine rings is 1. The molecular weight excluding hydrogens is 200 g/mol. The minimum atomic E-state index is 0.350. The van der Waals surface area contributed by atoms with Crippen molar-refractivity contribution in [3.8, 4) is 0 Å². The van der Waals surface area contributed by atoms with Crippen molar-refractivity contribution < 1.29 is 4.79 Å². The molecule has 0 spiro atoms. The normalized spacial score (nSPS) is 17.4. The van der Waals surface area contributed by atoms with Gasteiger partial charge in [0, 0.05) is 19.5 Å². The Morgan fingerprint density at radius 1 is 1.31 bits per heavy atom. The summed E-state index contributed by atoms with van der Waals surface area (Å²) in [5, 5.41) is 3.37. The minimum absolute atomic E-state index is 0.350. The van der Waals surface area contributed by atoms with E-state index >= 15 is 0 Å². The third-order valence-corrected chi connectivity index (χ3v) is 3.42. The molecule has 0 aliphatic carbocycles. The highest BCUT2D eigenvalue weighted by Crippen LogP contribution is 2.14. The van der Waals surface area contributed by atoms with Gasteiger partial charge in [-0.3, -0.25) is 4.79 Å². The summed E-state index contributed by atoms with van der Waals surface area (Å²) >= 11 is 0. The molecule has 0 aromatic carbocycles. The van der Waals surface area contributed by atoms with Crippen LogP contribution in [-0.2, 0) is 4.79 Å². The van der Waals surface area contributed by atoms with Gasteiger partial charge in [0.05, 0.1) is 0 Å². The fraction of sp³-hybridized carbons (Fsp3) is 0.923. The number of carbonyl (C=O) groups is 1. The van der Waals surface area contributed by atoms with Crippen molar-refractivity contribution in [3.63, 3.8) is 0 Å². The van der Waals surface area contributed by atoms with Gasteiger partial charge in [-0.05, 0) is 45.2 Å². The van der Waals surface area contributed by atoms with Gasteiger partial charge in [-0.2, -0.15) is 0 Å². The second-order valence-corrected chi connectivity index (χ2v) is 4.73. The van der Waals surface area contributed by atoms with Crippen molar-refractivity contribution in [2.75, 3.05) is 26.2 Å². The largest absolute Gasteiger partial charge is 0.343 e. The Kier molecular flexibility index (Phi) is 6.46. The van der Waals surface area contributed by atoms with Gasteiger partial charge in [0.15, 0.2) is 0 Å². The zero-order chi connectivity index (χ0) is 11.8. The fourth-order valence-electron chi connectivity index (χ4n) is 2.27. The van der Waals surface area contributed by atoms with Crippen LogP contribution in [0.2, 0.25) is 0 Å². The van der Waals surface area contributed by atoms with Gasteiger partial charge < -0.3 is 10.2 Å². The van der Waals surface area contributed by atoms with E-state index in [0.717, 1.165) is 45.4 Å². The molecule has 1 rings (SSSR count). The highest BCUT2D eigenvalue weighted by molar-refractivity contribution is 5.76. The molecule has 0 radical (unpaired) electrons. The van der Waals surface area contributed by atoms with Gasteiger partial charge in [-0.25, -0.2) is 0 Å². The number of carbonyl (C=O) groups excluding carboxylic acids is 1. The van der Waals surface area contributed by atoms with Crippen LogP contribution in [0.3, 0.4) is 0 Å². The topological polar surface area (TPSA) is 32.3 Å². The molecular formula is C13H26N2O. The second-order valence-electron chi connectivity index (χ2n) is 4.73. The highest BCUT2D eigenvalue weighted by Gasteiger charge is 2.18. The Balaban J connectivity index is 2.31. The van der Waals surface area contributed by atoms with Crippen LogP contribution in [0.15, 0.2) is 0 Å². The third-order valence-electron chi connectivity index (χ3n) is 3.42. The Labute approximate surface area is 99.6 Å². The average molecular weight is 226 g/mol. The maximum Gasteiger partial charge on any atom is 0.222 e. The van der Waals surface area contributed by atoms with E-state index < -0.39 is 0 Å². The minimum Gasteiger partial charge on any atom is -0.343 e. The van der Waals surface area contributed by atoms with Gasteiger partial charge in [0.1, 0.15) is 0 Å². The quantitative estimate of drug-likeness (QED) is 0.751. The zero-order valence-electron chi connectivity index (χ0n) is 10.8. The lowest BCUT2D eigenvalue weighted by Gasteiger charge is -2.29. The van der Waals surface area contributed by atoms with Crippen molar-refractivity contribution in [2.24, 2.45) is 5.92 Å². The van der Waals surface area contributed by atoms with E-state index in [2.05, 4.69) is 19.2 Å². The standard InChI is InChI=1S/C13H26N2O/c1-3-5-6-13(16)15(4-2)11-12-7-9-14-10-8-12/h12,14H,3-11H2,1-2H3. The summed E-state index contributed by atoms with van der Waals surface area (Å²) in [5.74, 6) is 1.06. The van der Waals surface area contributed by atoms with Crippen LogP contribution in [0.5, 0.6) is 0 Å². The molecule has 0 saturated carbocycles. The summed E-state index contributed by atoms with van der Waals surface area (Å²) in [6.45, 7) is 8.30. The van der Waals surface area contributed by atoms with E-state index in [0.29, 0.717) is 11.8 Å². The molecule has 1 saturated heterocycles. The SMILES string of the molecule is CCCCC(=O)N(CC)CC1CCNCC1. The van der Waals surface area contributed by atoms with E-state index in [1.807, 2.05) is 4.90 Å². The number of hydrogen-bond acceptors (Lipinski definition) is 2. The number of amides is 1. The Morgan fingerprint density at radius 3 is 2.56 bits per heavy atom. The molecule has 94 valence electrons. The molecule has 1 N–H and O–H groups in total. The van der Waals surface area contributed by atoms with Crippen molar-refractivity contribution in [3.05, 3.63) is 0 Å². The van der Waals surface area contributed by atoms with Crippen LogP contribution in [0, 0.1) is 5.92 Å². The second kappa shape index (κ2) is 7.66. The number of unbranched alkanes of at least 4 members (excludes halogenated alkanes) is 1. The molecule has 1 heterocycles. The van der Waals surface area contributed by atoms with Crippen LogP contribution in [0.1, 0.15) is 46.0 Å². The van der Waals surface area contributed by atoms with Crippen LogP contribution in [0.4, 0.5) is 0 Å². The Morgan fingerprint density at radius 2 is 2.00 bits per heavy atom. The summed E-state index contributed by atoms with van der Waals surface area (Å²) in [7, 11) is 0. The number of nitrogens with one attached hydrogen (secondary N) is 1. The molecule has 0 atom stereocenters. The average Bonchev–Trinajstić information content (AvgIpc) is 2.34. The maximum absolute atomic E-state index is 11.9. The molecule has 0 aromatic heterocycles. The van der Waals surface area contributed by atoms with Gasteiger partial charge >= 0.3 is 0 Å². The zero-order valence-corrected chi connectivity index (χ0v) is 10.8. The van der Waals surface area contributed by atoms with Crippen molar-refractivity contribution in [1.29, 1.82) is 0 Å². The summed E-state index contributed by atoms with van der Waals surface area (Å²) in [6, 6.07) is 0. The van der Waals surface area contributed by atoms with Crippen molar-refractivity contribution >= 4 is 5.91 Å². The predicted octanol–water partition coefficient (Wildman–Crippen LogP) is 2.02. The molecule has 1 aliphatic rings. The first kappa shape index (κ1) is 13.5. The monoisotopic (exact) mass is 226 g/mol. The van der Waals surface area contributed by atoms with E-state index in [1.165, 1.54) is 12.8 Å². The molecule has 0 aromatic rings. The predicted molar refractivity (Wildman–Crippen MR) is 67.4 cm³/mol. The first-order valence-electron chi connectivity index (χ1n) is 6.76. The van der Waals surface area contributed by atoms with Crippen molar-refractivity contribution in [2.45, 2.75) is 46.0 Å². The summed E-state index contributed by atoms with van der Waals surface area (Å²) in [4.78, 5) is 14.0. The van der Waals surface area contributed by atoms with Crippen LogP contribution >= 0.6 is 0 Å². The van der Waals surface area contributed by atoms with Crippen LogP contribution in [0.25, 0.3) is 0 Å². The Bertz CT molecular complexity index is 200. The van der Waals surface area contributed by atoms with E-state index in [-0.39, 0.29) is 0 Å². The van der Waals surface area contributed by atoms with Crippen LogP contribution < -0.4 is 5.32 Å². The molecule has 16 heavy (non-hydrogen) atoms. The molecule has 3 nitrogen and oxygen atoms in total. The number of nitrogens with zero attached hydrogens (tertiary/aromatic N) is 1. The van der Waals surface area contributed by atoms with Crippen molar-refractivity contribution in [1.82, 2.24) is 10.2 Å². The molecule has 1 amide bonds. The number of rotatable bonds is 6. The summed E-state index contributed by atoms with van der Waals surface area (Å²) in [6.07, 6.45) is 5.31. The van der Waals surface area contributed by atoms with Crippen LogP contribution in [-0.4, -0.2) is 37.0 Å². The van der Waals surface area contributed by atoms with Gasteiger partial charge in [0.2, 0.25) is 5.91 Å². The fourth-order valence-corrected chi connectivity index (χ4v) is 2.27. The summed E-state index contributed by atoms with van der Waals surface area (Å²) < 4.78 is 0. The Hall–Kier alpha value is -0.570. The van der Waals surface area contributed by atoms with E-state index in [4.69, 9.17) is 0 Å². The maximum atomic E-state index is 11.9. The highest BCUT2D eigenvalue weighted by atomic mass is 16.2. The lowest BCUT2D eigenvalue weighted by atomic mass is 9.97. The molecule has 1 aliphatic heterocycles. The molecule has 1 fully saturated rings.